The fourth-order valence-electron chi connectivity index (χ4n) is 4.36. The molecule has 0 bridgehead atoms. The molecule has 254 valence electrons. The summed E-state index contributed by atoms with van der Waals surface area (Å²) in [6, 6.07) is 0. The quantitative estimate of drug-likeness (QED) is 0.0689. The van der Waals surface area contributed by atoms with Crippen molar-refractivity contribution in [1.82, 2.24) is 15.5 Å². The lowest BCUT2D eigenvalue weighted by Crippen LogP contribution is -2.41. The molecule has 2 N–H and O–H groups in total. The molecule has 0 spiro atoms. The zero-order valence-corrected chi connectivity index (χ0v) is 28.6. The standard InChI is InChI=1S/C33H59N3O8/c1-12-40-27(37)34-21-15-17-32(8,9)44-24-20-31(6,7)26-36(29(39)42-14-3)22-16-18-33(10,11)43-23-19-30(4,5)25-35-28(38)41-13-2/h12-14H,1-3,15-26H2,4-11H3,(H,34,37)(H,35,38). The second-order valence-electron chi connectivity index (χ2n) is 13.6. The molecule has 0 rings (SSSR count). The van der Waals surface area contributed by atoms with Crippen LogP contribution in [-0.4, -0.2) is 73.8 Å². The Balaban J connectivity index is 4.76. The van der Waals surface area contributed by atoms with E-state index >= 15 is 0 Å². The van der Waals surface area contributed by atoms with Gasteiger partial charge in [-0.25, -0.2) is 14.4 Å². The van der Waals surface area contributed by atoms with Crippen molar-refractivity contribution in [2.75, 3.05) is 39.4 Å². The fraction of sp³-hybridized carbons (Fsp3) is 0.727. The van der Waals surface area contributed by atoms with Crippen molar-refractivity contribution in [3.63, 3.8) is 0 Å². The maximum Gasteiger partial charge on any atom is 0.414 e. The third-order valence-electron chi connectivity index (χ3n) is 7.13. The Kier molecular flexibility index (Phi) is 18.7. The van der Waals surface area contributed by atoms with Crippen molar-refractivity contribution < 1.29 is 38.1 Å². The van der Waals surface area contributed by atoms with Crippen LogP contribution in [0.1, 0.15) is 93.9 Å². The van der Waals surface area contributed by atoms with Crippen LogP contribution in [0.3, 0.4) is 0 Å². The third-order valence-corrected chi connectivity index (χ3v) is 7.13. The van der Waals surface area contributed by atoms with Crippen molar-refractivity contribution in [2.45, 2.75) is 105 Å². The van der Waals surface area contributed by atoms with Crippen LogP contribution in [0.15, 0.2) is 38.5 Å². The summed E-state index contributed by atoms with van der Waals surface area (Å²) in [5, 5.41) is 5.38. The molecule has 44 heavy (non-hydrogen) atoms. The number of ether oxygens (including phenoxy) is 5. The first kappa shape index (κ1) is 41.0. The van der Waals surface area contributed by atoms with E-state index in [0.29, 0.717) is 39.4 Å². The van der Waals surface area contributed by atoms with Crippen LogP contribution in [0.5, 0.6) is 0 Å². The summed E-state index contributed by atoms with van der Waals surface area (Å²) in [5.41, 5.74) is -1.16. The molecule has 0 aliphatic rings. The van der Waals surface area contributed by atoms with E-state index in [1.54, 1.807) is 4.90 Å². The van der Waals surface area contributed by atoms with Gasteiger partial charge in [-0.3, -0.25) is 0 Å². The lowest BCUT2D eigenvalue weighted by atomic mass is 9.88. The van der Waals surface area contributed by atoms with Gasteiger partial charge in [-0.15, -0.1) is 0 Å². The number of rotatable bonds is 23. The Bertz CT molecular complexity index is 915. The van der Waals surface area contributed by atoms with Gasteiger partial charge < -0.3 is 39.2 Å². The maximum absolute atomic E-state index is 12.8. The second kappa shape index (κ2) is 20.1. The van der Waals surface area contributed by atoms with Crippen LogP contribution in [0.4, 0.5) is 14.4 Å². The van der Waals surface area contributed by atoms with Gasteiger partial charge in [0.05, 0.1) is 30.0 Å². The van der Waals surface area contributed by atoms with E-state index in [-0.39, 0.29) is 16.4 Å². The highest BCUT2D eigenvalue weighted by molar-refractivity contribution is 5.68. The molecule has 0 aromatic carbocycles. The summed E-state index contributed by atoms with van der Waals surface area (Å²) >= 11 is 0. The lowest BCUT2D eigenvalue weighted by molar-refractivity contribution is -0.0396. The average Bonchev–Trinajstić information content (AvgIpc) is 2.89. The average molecular weight is 626 g/mol. The van der Waals surface area contributed by atoms with Gasteiger partial charge in [-0.1, -0.05) is 47.4 Å². The summed E-state index contributed by atoms with van der Waals surface area (Å²) in [7, 11) is 0. The molecule has 0 saturated heterocycles. The minimum Gasteiger partial charge on any atom is -0.419 e. The Labute approximate surface area is 265 Å². The highest BCUT2D eigenvalue weighted by atomic mass is 16.6. The topological polar surface area (TPSA) is 125 Å². The molecule has 0 aromatic rings. The number of alkyl carbamates (subject to hydrolysis) is 2. The van der Waals surface area contributed by atoms with Gasteiger partial charge in [0.2, 0.25) is 0 Å². The molecule has 0 fully saturated rings. The first-order valence-electron chi connectivity index (χ1n) is 15.3. The van der Waals surface area contributed by atoms with E-state index in [4.69, 9.17) is 18.9 Å². The van der Waals surface area contributed by atoms with E-state index in [0.717, 1.165) is 57.3 Å². The fourth-order valence-corrected chi connectivity index (χ4v) is 4.36. The molecule has 0 aromatic heterocycles. The molecule has 0 radical (unpaired) electrons. The highest BCUT2D eigenvalue weighted by Gasteiger charge is 2.28. The molecule has 0 unspecified atom stereocenters. The molecule has 0 atom stereocenters. The predicted octanol–water partition coefficient (Wildman–Crippen LogP) is 7.29. The monoisotopic (exact) mass is 625 g/mol. The van der Waals surface area contributed by atoms with Gasteiger partial charge in [0.15, 0.2) is 0 Å². The largest absolute Gasteiger partial charge is 0.419 e. The predicted molar refractivity (Wildman–Crippen MR) is 173 cm³/mol. The van der Waals surface area contributed by atoms with E-state index in [9.17, 15) is 14.4 Å². The smallest absolute Gasteiger partial charge is 0.414 e. The third kappa shape index (κ3) is 20.8. The van der Waals surface area contributed by atoms with Crippen LogP contribution >= 0.6 is 0 Å². The number of nitrogens with zero attached hydrogens (tertiary/aromatic N) is 1. The summed E-state index contributed by atoms with van der Waals surface area (Å²) in [5.74, 6) is 0. The Morgan fingerprint density at radius 1 is 0.659 bits per heavy atom. The van der Waals surface area contributed by atoms with Gasteiger partial charge >= 0.3 is 18.3 Å². The molecule has 11 heteroatoms. The molecular formula is C33H59N3O8. The number of amides is 3. The van der Waals surface area contributed by atoms with E-state index < -0.39 is 23.9 Å². The van der Waals surface area contributed by atoms with Crippen LogP contribution < -0.4 is 10.6 Å². The molecule has 11 nitrogen and oxygen atoms in total. The zero-order chi connectivity index (χ0) is 33.9. The minimum absolute atomic E-state index is 0.176. The van der Waals surface area contributed by atoms with Gasteiger partial charge in [-0.05, 0) is 77.0 Å². The first-order chi connectivity index (χ1) is 20.4. The summed E-state index contributed by atoms with van der Waals surface area (Å²) in [4.78, 5) is 37.4. The summed E-state index contributed by atoms with van der Waals surface area (Å²) in [6.07, 6.45) is 6.33. The number of hydrogen-bond donors (Lipinski definition) is 2. The van der Waals surface area contributed by atoms with Gasteiger partial charge in [-0.2, -0.15) is 0 Å². The van der Waals surface area contributed by atoms with Crippen molar-refractivity contribution in [1.29, 1.82) is 0 Å². The molecule has 3 amide bonds. The maximum atomic E-state index is 12.8. The molecular weight excluding hydrogens is 566 g/mol. The number of nitrogens with one attached hydrogen (secondary N) is 2. The van der Waals surface area contributed by atoms with Crippen LogP contribution in [0.2, 0.25) is 0 Å². The van der Waals surface area contributed by atoms with Crippen LogP contribution in [-0.2, 0) is 23.7 Å². The summed E-state index contributed by atoms with van der Waals surface area (Å²) in [6.45, 7) is 29.7. The van der Waals surface area contributed by atoms with E-state index in [1.807, 2.05) is 27.7 Å². The van der Waals surface area contributed by atoms with Crippen molar-refractivity contribution in [2.24, 2.45) is 10.8 Å². The molecule has 0 aliphatic carbocycles. The molecule has 0 heterocycles. The van der Waals surface area contributed by atoms with Crippen LogP contribution in [0.25, 0.3) is 0 Å². The van der Waals surface area contributed by atoms with Crippen molar-refractivity contribution >= 4 is 18.3 Å². The lowest BCUT2D eigenvalue weighted by Gasteiger charge is -2.34. The first-order valence-corrected chi connectivity index (χ1v) is 15.3. The molecule has 0 aliphatic heterocycles. The number of hydrogen-bond acceptors (Lipinski definition) is 8. The zero-order valence-electron chi connectivity index (χ0n) is 28.6. The van der Waals surface area contributed by atoms with Gasteiger partial charge in [0.1, 0.15) is 0 Å². The highest BCUT2D eigenvalue weighted by Crippen LogP contribution is 2.27. The second-order valence-corrected chi connectivity index (χ2v) is 13.6. The van der Waals surface area contributed by atoms with Crippen LogP contribution in [0, 0.1) is 10.8 Å². The van der Waals surface area contributed by atoms with Crippen molar-refractivity contribution in [3.05, 3.63) is 38.5 Å². The van der Waals surface area contributed by atoms with E-state index in [2.05, 4.69) is 62.8 Å². The van der Waals surface area contributed by atoms with E-state index in [1.165, 1.54) is 0 Å². The Morgan fingerprint density at radius 2 is 1.14 bits per heavy atom. The SMILES string of the molecule is C=COC(=O)NCCCC(C)(C)OCCC(C)(C)CN(CCCC(C)(C)OCCC(C)(C)CNC(=O)OC=C)C(=O)OC=C. The Morgan fingerprint density at radius 3 is 1.66 bits per heavy atom. The number of carbonyl (C=O) groups is 3. The van der Waals surface area contributed by atoms with Gasteiger partial charge in [0.25, 0.3) is 0 Å². The Hall–Kier alpha value is -3.05. The summed E-state index contributed by atoms with van der Waals surface area (Å²) < 4.78 is 26.9. The minimum atomic E-state index is -0.525. The van der Waals surface area contributed by atoms with Crippen molar-refractivity contribution in [3.8, 4) is 0 Å². The normalized spacial score (nSPS) is 12.1. The van der Waals surface area contributed by atoms with Gasteiger partial charge in [0, 0.05) is 39.4 Å². The molecule has 0 saturated carbocycles. The number of carbonyl (C=O) groups excluding carboxylic acids is 3.